The average molecular weight is 382 g/mol. The Balaban J connectivity index is 3.00. The maximum Gasteiger partial charge on any atom is 0.321 e. The maximum absolute atomic E-state index is 12.2. The summed E-state index contributed by atoms with van der Waals surface area (Å²) in [4.78, 5) is 11.1. The summed E-state index contributed by atoms with van der Waals surface area (Å²) in [7, 11) is -3.87. The number of carboxylic acid groups (broad SMARTS) is 1. The van der Waals surface area contributed by atoms with Gasteiger partial charge < -0.3 is 5.11 Å². The van der Waals surface area contributed by atoms with E-state index in [-0.39, 0.29) is 11.3 Å². The number of nitrogens with one attached hydrogen (secondary N) is 1. The number of carboxylic acids is 1. The number of thioether (sulfide) groups is 1. The number of rotatable bonds is 7. The zero-order chi connectivity index (χ0) is 15.3. The molecule has 1 rings (SSSR count). The Morgan fingerprint density at radius 2 is 2.15 bits per heavy atom. The van der Waals surface area contributed by atoms with E-state index in [9.17, 15) is 13.2 Å². The van der Waals surface area contributed by atoms with Crippen molar-refractivity contribution in [1.82, 2.24) is 4.72 Å². The van der Waals surface area contributed by atoms with Gasteiger partial charge in [-0.05, 0) is 59.0 Å². The third-order valence-corrected chi connectivity index (χ3v) is 5.68. The van der Waals surface area contributed by atoms with Crippen LogP contribution < -0.4 is 4.72 Å². The van der Waals surface area contributed by atoms with Crippen LogP contribution >= 0.6 is 27.7 Å². The number of hydrogen-bond donors (Lipinski definition) is 2. The molecule has 0 heterocycles. The van der Waals surface area contributed by atoms with Crippen LogP contribution in [0.25, 0.3) is 0 Å². The van der Waals surface area contributed by atoms with Gasteiger partial charge in [0.2, 0.25) is 10.0 Å². The van der Waals surface area contributed by atoms with Crippen molar-refractivity contribution >= 4 is 43.7 Å². The van der Waals surface area contributed by atoms with E-state index in [4.69, 9.17) is 5.11 Å². The second-order valence-corrected chi connectivity index (χ2v) is 7.75. The van der Waals surface area contributed by atoms with Crippen molar-refractivity contribution in [3.05, 3.63) is 28.2 Å². The van der Waals surface area contributed by atoms with Gasteiger partial charge in [-0.3, -0.25) is 4.79 Å². The van der Waals surface area contributed by atoms with E-state index in [0.717, 1.165) is 5.56 Å². The molecule has 112 valence electrons. The highest BCUT2D eigenvalue weighted by Gasteiger charge is 2.26. The van der Waals surface area contributed by atoms with Crippen LogP contribution in [0.15, 0.2) is 27.6 Å². The Labute approximate surface area is 131 Å². The van der Waals surface area contributed by atoms with Crippen LogP contribution in [0.4, 0.5) is 0 Å². The van der Waals surface area contributed by atoms with Crippen molar-refractivity contribution in [2.24, 2.45) is 0 Å². The Morgan fingerprint density at radius 3 is 2.65 bits per heavy atom. The fourth-order valence-corrected chi connectivity index (χ4v) is 4.43. The highest BCUT2D eigenvalue weighted by molar-refractivity contribution is 9.10. The Bertz CT molecular complexity index is 589. The lowest BCUT2D eigenvalue weighted by atomic mass is 10.2. The lowest BCUT2D eigenvalue weighted by Gasteiger charge is -2.15. The van der Waals surface area contributed by atoms with Crippen LogP contribution in [0.2, 0.25) is 0 Å². The first-order valence-corrected chi connectivity index (χ1v) is 9.45. The molecule has 5 nitrogen and oxygen atoms in total. The van der Waals surface area contributed by atoms with E-state index >= 15 is 0 Å². The summed E-state index contributed by atoms with van der Waals surface area (Å²) in [5, 5.41) is 9.08. The lowest BCUT2D eigenvalue weighted by Crippen LogP contribution is -2.41. The SMILES string of the molecule is CSCC[C@@H](NS(=O)(=O)c1ccc(C)cc1Br)C(=O)O. The molecule has 1 aromatic rings. The third kappa shape index (κ3) is 4.76. The highest BCUT2D eigenvalue weighted by atomic mass is 79.9. The van der Waals surface area contributed by atoms with Gasteiger partial charge in [0, 0.05) is 4.47 Å². The molecule has 0 aliphatic carbocycles. The molecule has 0 saturated carbocycles. The molecule has 0 saturated heterocycles. The largest absolute Gasteiger partial charge is 0.480 e. The molecule has 20 heavy (non-hydrogen) atoms. The zero-order valence-corrected chi connectivity index (χ0v) is 14.3. The van der Waals surface area contributed by atoms with Gasteiger partial charge in [0.05, 0.1) is 4.90 Å². The molecular formula is C12H16BrNO4S2. The number of halogens is 1. The van der Waals surface area contributed by atoms with Crippen molar-refractivity contribution < 1.29 is 18.3 Å². The van der Waals surface area contributed by atoms with Crippen LogP contribution in [0.3, 0.4) is 0 Å². The van der Waals surface area contributed by atoms with Crippen LogP contribution in [-0.4, -0.2) is 37.5 Å². The molecule has 1 atom stereocenters. The predicted molar refractivity (Wildman–Crippen MR) is 83.6 cm³/mol. The van der Waals surface area contributed by atoms with Gasteiger partial charge >= 0.3 is 5.97 Å². The number of benzene rings is 1. The molecule has 0 amide bonds. The molecule has 8 heteroatoms. The summed E-state index contributed by atoms with van der Waals surface area (Å²) in [6, 6.07) is 3.67. The molecular weight excluding hydrogens is 366 g/mol. The molecule has 0 spiro atoms. The predicted octanol–water partition coefficient (Wildman–Crippen LogP) is 2.24. The van der Waals surface area contributed by atoms with Crippen LogP contribution in [0.5, 0.6) is 0 Å². The molecule has 0 aliphatic heterocycles. The summed E-state index contributed by atoms with van der Waals surface area (Å²) >= 11 is 4.66. The number of sulfonamides is 1. The second-order valence-electron chi connectivity index (χ2n) is 4.23. The molecule has 0 aromatic heterocycles. The Hall–Kier alpha value is -0.570. The Kier molecular flexibility index (Phi) is 6.50. The van der Waals surface area contributed by atoms with Crippen molar-refractivity contribution in [3.63, 3.8) is 0 Å². The van der Waals surface area contributed by atoms with Gasteiger partial charge in [-0.25, -0.2) is 8.42 Å². The monoisotopic (exact) mass is 381 g/mol. The van der Waals surface area contributed by atoms with Gasteiger partial charge in [-0.15, -0.1) is 0 Å². The van der Waals surface area contributed by atoms with E-state index in [1.54, 1.807) is 12.1 Å². The van der Waals surface area contributed by atoms with Crippen LogP contribution in [0, 0.1) is 6.92 Å². The first kappa shape index (κ1) is 17.5. The first-order valence-electron chi connectivity index (χ1n) is 5.78. The highest BCUT2D eigenvalue weighted by Crippen LogP contribution is 2.23. The minimum atomic E-state index is -3.87. The smallest absolute Gasteiger partial charge is 0.321 e. The zero-order valence-electron chi connectivity index (χ0n) is 11.1. The van der Waals surface area contributed by atoms with Gasteiger partial charge in [-0.2, -0.15) is 16.5 Å². The molecule has 0 aliphatic rings. The van der Waals surface area contributed by atoms with Crippen molar-refractivity contribution in [2.75, 3.05) is 12.0 Å². The third-order valence-electron chi connectivity index (χ3n) is 2.58. The quantitative estimate of drug-likeness (QED) is 0.756. The fraction of sp³-hybridized carbons (Fsp3) is 0.417. The average Bonchev–Trinajstić information content (AvgIpc) is 2.33. The standard InChI is InChI=1S/C12H16BrNO4S2/c1-8-3-4-11(9(13)7-8)20(17,18)14-10(12(15)16)5-6-19-2/h3-4,7,10,14H,5-6H2,1-2H3,(H,15,16)/t10-/m1/s1. The van der Waals surface area contributed by atoms with Crippen LogP contribution in [-0.2, 0) is 14.8 Å². The van der Waals surface area contributed by atoms with E-state index < -0.39 is 22.0 Å². The van der Waals surface area contributed by atoms with Gasteiger partial charge in [-0.1, -0.05) is 6.07 Å². The summed E-state index contributed by atoms with van der Waals surface area (Å²) in [5.74, 6) is -0.611. The topological polar surface area (TPSA) is 83.5 Å². The number of aryl methyl sites for hydroxylation is 1. The van der Waals surface area contributed by atoms with E-state index in [0.29, 0.717) is 10.2 Å². The minimum Gasteiger partial charge on any atom is -0.480 e. The number of hydrogen-bond acceptors (Lipinski definition) is 4. The molecule has 1 aromatic carbocycles. The van der Waals surface area contributed by atoms with Crippen LogP contribution in [0.1, 0.15) is 12.0 Å². The van der Waals surface area contributed by atoms with Crippen molar-refractivity contribution in [2.45, 2.75) is 24.3 Å². The van der Waals surface area contributed by atoms with Crippen molar-refractivity contribution in [3.8, 4) is 0 Å². The lowest BCUT2D eigenvalue weighted by molar-refractivity contribution is -0.139. The van der Waals surface area contributed by atoms with Gasteiger partial charge in [0.25, 0.3) is 0 Å². The van der Waals surface area contributed by atoms with Crippen molar-refractivity contribution in [1.29, 1.82) is 0 Å². The molecule has 0 unspecified atom stereocenters. The first-order chi connectivity index (χ1) is 9.27. The normalized spacial score (nSPS) is 13.2. The molecule has 2 N–H and O–H groups in total. The van der Waals surface area contributed by atoms with Gasteiger partial charge in [0.15, 0.2) is 0 Å². The molecule has 0 fully saturated rings. The summed E-state index contributed by atoms with van der Waals surface area (Å²) in [6.07, 6.45) is 2.07. The molecule has 0 bridgehead atoms. The summed E-state index contributed by atoms with van der Waals surface area (Å²) in [5.41, 5.74) is 0.910. The maximum atomic E-state index is 12.2. The fourth-order valence-electron chi connectivity index (χ4n) is 1.54. The summed E-state index contributed by atoms with van der Waals surface area (Å²) in [6.45, 7) is 1.84. The van der Waals surface area contributed by atoms with E-state index in [1.807, 2.05) is 13.2 Å². The minimum absolute atomic E-state index is 0.0403. The van der Waals surface area contributed by atoms with Gasteiger partial charge in [0.1, 0.15) is 6.04 Å². The molecule has 0 radical (unpaired) electrons. The summed E-state index contributed by atoms with van der Waals surface area (Å²) < 4.78 is 27.1. The number of aliphatic carboxylic acids is 1. The Morgan fingerprint density at radius 1 is 1.50 bits per heavy atom. The van der Waals surface area contributed by atoms with E-state index in [1.165, 1.54) is 17.8 Å². The number of carbonyl (C=O) groups is 1. The van der Waals surface area contributed by atoms with E-state index in [2.05, 4.69) is 20.7 Å². The second kappa shape index (κ2) is 7.44.